The fourth-order valence-corrected chi connectivity index (χ4v) is 3.69. The predicted molar refractivity (Wildman–Crippen MR) is 70.3 cm³/mol. The first kappa shape index (κ1) is 12.7. The average molecular weight is 333 g/mol. The number of thiophene rings is 1. The van der Waals surface area contributed by atoms with Crippen molar-refractivity contribution in [1.82, 2.24) is 9.71 Å². The lowest BCUT2D eigenvalue weighted by Crippen LogP contribution is -2.22. The van der Waals surface area contributed by atoms with Gasteiger partial charge >= 0.3 is 0 Å². The van der Waals surface area contributed by atoms with Gasteiger partial charge in [-0.1, -0.05) is 0 Å². The zero-order chi connectivity index (χ0) is 12.3. The summed E-state index contributed by atoms with van der Waals surface area (Å²) in [7, 11) is -3.47. The lowest BCUT2D eigenvalue weighted by molar-refractivity contribution is 0.581. The Labute approximate surface area is 112 Å². The van der Waals surface area contributed by atoms with E-state index in [2.05, 4.69) is 25.6 Å². The number of pyridine rings is 1. The highest BCUT2D eigenvalue weighted by Crippen LogP contribution is 2.22. The van der Waals surface area contributed by atoms with Crippen LogP contribution in [0.1, 0.15) is 4.88 Å². The zero-order valence-corrected chi connectivity index (χ0v) is 11.8. The van der Waals surface area contributed by atoms with Gasteiger partial charge in [0.25, 0.3) is 0 Å². The first-order valence-electron chi connectivity index (χ1n) is 4.72. The molecule has 1 N–H and O–H groups in total. The van der Waals surface area contributed by atoms with Crippen LogP contribution in [0.2, 0.25) is 0 Å². The molecular weight excluding hydrogens is 324 g/mol. The molecule has 0 bridgehead atoms. The minimum absolute atomic E-state index is 0.177. The molecule has 0 saturated heterocycles. The van der Waals surface area contributed by atoms with E-state index in [1.807, 2.05) is 12.1 Å². The summed E-state index contributed by atoms with van der Waals surface area (Å²) in [6, 6.07) is 6.87. The van der Waals surface area contributed by atoms with E-state index in [4.69, 9.17) is 0 Å². The highest BCUT2D eigenvalue weighted by atomic mass is 79.9. The van der Waals surface area contributed by atoms with Crippen molar-refractivity contribution in [3.8, 4) is 0 Å². The Hall–Kier alpha value is -0.760. The molecule has 0 radical (unpaired) electrons. The number of nitrogens with zero attached hydrogens (tertiary/aromatic N) is 1. The average Bonchev–Trinajstić information content (AvgIpc) is 2.74. The molecule has 2 aromatic heterocycles. The van der Waals surface area contributed by atoms with Gasteiger partial charge in [0.15, 0.2) is 0 Å². The van der Waals surface area contributed by atoms with Crippen LogP contribution in [0.4, 0.5) is 0 Å². The second-order valence-electron chi connectivity index (χ2n) is 3.22. The highest BCUT2D eigenvalue weighted by molar-refractivity contribution is 9.11. The van der Waals surface area contributed by atoms with Crippen LogP contribution in [0.3, 0.4) is 0 Å². The van der Waals surface area contributed by atoms with E-state index < -0.39 is 10.0 Å². The number of hydrogen-bond acceptors (Lipinski definition) is 4. The third-order valence-electron chi connectivity index (χ3n) is 2.01. The van der Waals surface area contributed by atoms with Gasteiger partial charge in [-0.05, 0) is 40.2 Å². The van der Waals surface area contributed by atoms with Gasteiger partial charge in [0.05, 0.1) is 3.79 Å². The maximum atomic E-state index is 11.9. The van der Waals surface area contributed by atoms with Crippen LogP contribution in [-0.4, -0.2) is 13.4 Å². The largest absolute Gasteiger partial charge is 0.263 e. The molecular formula is C10H9BrN2O2S2. The Morgan fingerprint density at radius 3 is 2.76 bits per heavy atom. The number of nitrogens with one attached hydrogen (secondary N) is 1. The molecule has 0 saturated carbocycles. The fraction of sp³-hybridized carbons (Fsp3) is 0.100. The second kappa shape index (κ2) is 5.26. The monoisotopic (exact) mass is 332 g/mol. The molecule has 2 aromatic rings. The summed E-state index contributed by atoms with van der Waals surface area (Å²) in [6.07, 6.45) is 2.86. The van der Waals surface area contributed by atoms with E-state index in [1.165, 1.54) is 29.8 Å². The molecule has 0 fully saturated rings. The van der Waals surface area contributed by atoms with Crippen LogP contribution in [0.5, 0.6) is 0 Å². The summed E-state index contributed by atoms with van der Waals surface area (Å²) in [5.41, 5.74) is 0. The standard InChI is InChI=1S/C10H9BrN2O2S2/c11-10-4-3-8(16-10)6-13-17(14,15)9-2-1-5-12-7-9/h1-5,7,13H,6H2. The van der Waals surface area contributed by atoms with Gasteiger partial charge in [-0.15, -0.1) is 11.3 Å². The Morgan fingerprint density at radius 2 is 2.18 bits per heavy atom. The third kappa shape index (κ3) is 3.35. The molecule has 0 amide bonds. The van der Waals surface area contributed by atoms with Gasteiger partial charge in [-0.3, -0.25) is 4.98 Å². The van der Waals surface area contributed by atoms with Crippen LogP contribution in [0.15, 0.2) is 45.3 Å². The molecule has 0 aliphatic heterocycles. The Morgan fingerprint density at radius 1 is 1.35 bits per heavy atom. The van der Waals surface area contributed by atoms with Crippen molar-refractivity contribution in [3.05, 3.63) is 45.3 Å². The molecule has 2 rings (SSSR count). The maximum Gasteiger partial charge on any atom is 0.242 e. The lowest BCUT2D eigenvalue weighted by atomic mass is 10.5. The maximum absolute atomic E-state index is 11.9. The van der Waals surface area contributed by atoms with Gasteiger partial charge in [0, 0.05) is 23.8 Å². The zero-order valence-electron chi connectivity index (χ0n) is 8.63. The number of hydrogen-bond donors (Lipinski definition) is 1. The van der Waals surface area contributed by atoms with E-state index in [9.17, 15) is 8.42 Å². The molecule has 7 heteroatoms. The molecule has 0 aliphatic carbocycles. The van der Waals surface area contributed by atoms with Gasteiger partial charge < -0.3 is 0 Å². The van der Waals surface area contributed by atoms with Crippen molar-refractivity contribution in [2.45, 2.75) is 11.4 Å². The van der Waals surface area contributed by atoms with E-state index in [0.29, 0.717) is 0 Å². The summed E-state index contributed by atoms with van der Waals surface area (Å²) >= 11 is 4.83. The van der Waals surface area contributed by atoms with Crippen LogP contribution in [0.25, 0.3) is 0 Å². The number of aromatic nitrogens is 1. The number of sulfonamides is 1. The first-order chi connectivity index (χ1) is 8.08. The normalized spacial score (nSPS) is 11.6. The smallest absolute Gasteiger partial charge is 0.242 e. The van der Waals surface area contributed by atoms with Crippen molar-refractivity contribution in [2.75, 3.05) is 0 Å². The molecule has 90 valence electrons. The lowest BCUT2D eigenvalue weighted by Gasteiger charge is -2.04. The van der Waals surface area contributed by atoms with Crippen LogP contribution in [-0.2, 0) is 16.6 Å². The van der Waals surface area contributed by atoms with Crippen molar-refractivity contribution in [3.63, 3.8) is 0 Å². The van der Waals surface area contributed by atoms with Gasteiger partial charge in [-0.2, -0.15) is 0 Å². The second-order valence-corrected chi connectivity index (χ2v) is 7.53. The Kier molecular flexibility index (Phi) is 3.93. The molecule has 4 nitrogen and oxygen atoms in total. The molecule has 0 unspecified atom stereocenters. The minimum atomic E-state index is -3.47. The molecule has 0 aromatic carbocycles. The third-order valence-corrected chi connectivity index (χ3v) is 5.02. The van der Waals surface area contributed by atoms with E-state index in [-0.39, 0.29) is 11.4 Å². The fourth-order valence-electron chi connectivity index (χ4n) is 1.20. The molecule has 0 aliphatic rings. The molecule has 17 heavy (non-hydrogen) atoms. The van der Waals surface area contributed by atoms with Gasteiger partial charge in [0.2, 0.25) is 10.0 Å². The highest BCUT2D eigenvalue weighted by Gasteiger charge is 2.13. The molecule has 0 atom stereocenters. The van der Waals surface area contributed by atoms with E-state index in [0.717, 1.165) is 8.66 Å². The molecule has 2 heterocycles. The summed E-state index contributed by atoms with van der Waals surface area (Å²) in [4.78, 5) is 4.91. The van der Waals surface area contributed by atoms with Crippen LogP contribution in [0, 0.1) is 0 Å². The van der Waals surface area contributed by atoms with E-state index in [1.54, 1.807) is 6.07 Å². The van der Waals surface area contributed by atoms with Crippen molar-refractivity contribution in [2.24, 2.45) is 0 Å². The van der Waals surface area contributed by atoms with Crippen LogP contribution >= 0.6 is 27.3 Å². The summed E-state index contributed by atoms with van der Waals surface area (Å²) < 4.78 is 27.2. The Balaban J connectivity index is 2.09. The van der Waals surface area contributed by atoms with Gasteiger partial charge in [-0.25, -0.2) is 13.1 Å². The predicted octanol–water partition coefficient (Wildman–Crippen LogP) is 2.38. The van der Waals surface area contributed by atoms with Crippen LogP contribution < -0.4 is 4.72 Å². The quantitative estimate of drug-likeness (QED) is 0.935. The van der Waals surface area contributed by atoms with Crippen molar-refractivity contribution < 1.29 is 8.42 Å². The minimum Gasteiger partial charge on any atom is -0.263 e. The van der Waals surface area contributed by atoms with Crippen molar-refractivity contribution in [1.29, 1.82) is 0 Å². The first-order valence-corrected chi connectivity index (χ1v) is 7.81. The SMILES string of the molecule is O=S(=O)(NCc1ccc(Br)s1)c1cccnc1. The number of halogens is 1. The summed E-state index contributed by atoms with van der Waals surface area (Å²) in [5.74, 6) is 0. The van der Waals surface area contributed by atoms with E-state index >= 15 is 0 Å². The Bertz CT molecular complexity index is 596. The number of rotatable bonds is 4. The van der Waals surface area contributed by atoms with Crippen molar-refractivity contribution >= 4 is 37.3 Å². The summed E-state index contributed by atoms with van der Waals surface area (Å²) in [6.45, 7) is 0.285. The topological polar surface area (TPSA) is 59.1 Å². The summed E-state index contributed by atoms with van der Waals surface area (Å²) in [5, 5.41) is 0. The molecule has 0 spiro atoms. The van der Waals surface area contributed by atoms with Gasteiger partial charge in [0.1, 0.15) is 4.90 Å².